The van der Waals surface area contributed by atoms with Crippen LogP contribution in [0.5, 0.6) is 0 Å². The summed E-state index contributed by atoms with van der Waals surface area (Å²) in [6.45, 7) is 1.26. The van der Waals surface area contributed by atoms with Crippen molar-refractivity contribution in [3.05, 3.63) is 29.6 Å². The molecule has 1 unspecified atom stereocenters. The van der Waals surface area contributed by atoms with Crippen molar-refractivity contribution in [2.24, 2.45) is 0 Å². The number of carbonyl (C=O) groups excluding carboxylic acids is 1. The molecule has 2 saturated heterocycles. The number of hydrogen-bond acceptors (Lipinski definition) is 5. The summed E-state index contributed by atoms with van der Waals surface area (Å²) in [5.41, 5.74) is 0.933. The summed E-state index contributed by atoms with van der Waals surface area (Å²) in [4.78, 5) is 15.6. The minimum absolute atomic E-state index is 0. The third-order valence-corrected chi connectivity index (χ3v) is 5.10. The number of likely N-dealkylation sites (tertiary alicyclic amines) is 1. The molecule has 3 atom stereocenters. The van der Waals surface area contributed by atoms with Gasteiger partial charge in [-0.05, 0) is 31.0 Å². The lowest BCUT2D eigenvalue weighted by atomic mass is 10.1. The quantitative estimate of drug-likeness (QED) is 0.805. The molecule has 0 saturated carbocycles. The minimum Gasteiger partial charge on any atom is -0.367 e. The highest BCUT2D eigenvalue weighted by atomic mass is 35.5. The number of nitriles is 2. The predicted octanol–water partition coefficient (Wildman–Crippen LogP) is 2.14. The van der Waals surface area contributed by atoms with Crippen LogP contribution in [-0.4, -0.2) is 55.2 Å². The van der Waals surface area contributed by atoms with Crippen LogP contribution in [0.3, 0.4) is 0 Å². The molecule has 3 rings (SSSR count). The van der Waals surface area contributed by atoms with Gasteiger partial charge in [-0.25, -0.2) is 8.78 Å². The van der Waals surface area contributed by atoms with Crippen LogP contribution < -0.4 is 10.2 Å². The Kier molecular flexibility index (Phi) is 7.56. The number of benzene rings is 1. The van der Waals surface area contributed by atoms with E-state index in [-0.39, 0.29) is 49.4 Å². The first-order chi connectivity index (χ1) is 13.0. The fourth-order valence-electron chi connectivity index (χ4n) is 3.82. The van der Waals surface area contributed by atoms with Gasteiger partial charge >= 0.3 is 0 Å². The number of nitrogens with one attached hydrogen (secondary N) is 1. The molecule has 9 heteroatoms. The largest absolute Gasteiger partial charge is 0.367 e. The second-order valence-electron chi connectivity index (χ2n) is 6.95. The van der Waals surface area contributed by atoms with Crippen LogP contribution in [0.4, 0.5) is 14.5 Å². The van der Waals surface area contributed by atoms with Gasteiger partial charge in [-0.3, -0.25) is 4.79 Å². The summed E-state index contributed by atoms with van der Waals surface area (Å²) in [5, 5.41) is 21.1. The summed E-state index contributed by atoms with van der Waals surface area (Å²) in [6, 6.07) is 7.57. The predicted molar refractivity (Wildman–Crippen MR) is 102 cm³/mol. The Hall–Kier alpha value is -2.42. The Balaban J connectivity index is 0.00000280. The van der Waals surface area contributed by atoms with Gasteiger partial charge in [-0.1, -0.05) is 0 Å². The van der Waals surface area contributed by atoms with Gasteiger partial charge in [-0.2, -0.15) is 10.5 Å². The van der Waals surface area contributed by atoms with Crippen molar-refractivity contribution in [1.29, 1.82) is 10.5 Å². The zero-order valence-electron chi connectivity index (χ0n) is 15.3. The lowest BCUT2D eigenvalue weighted by Crippen LogP contribution is -2.44. The first-order valence-corrected chi connectivity index (χ1v) is 9.03. The molecule has 1 aromatic rings. The maximum Gasteiger partial charge on any atom is 0.237 e. The van der Waals surface area contributed by atoms with Crippen LogP contribution in [0.25, 0.3) is 0 Å². The molecule has 1 N–H and O–H groups in total. The van der Waals surface area contributed by atoms with Crippen LogP contribution in [-0.2, 0) is 4.79 Å². The van der Waals surface area contributed by atoms with Crippen LogP contribution in [0, 0.1) is 28.5 Å². The lowest BCUT2D eigenvalue weighted by molar-refractivity contribution is -0.130. The highest BCUT2D eigenvalue weighted by Crippen LogP contribution is 2.27. The number of carbonyl (C=O) groups is 1. The Labute approximate surface area is 169 Å². The van der Waals surface area contributed by atoms with Crippen molar-refractivity contribution >= 4 is 24.0 Å². The smallest absolute Gasteiger partial charge is 0.237 e. The molecular formula is C19H22ClF2N5O. The van der Waals surface area contributed by atoms with E-state index in [4.69, 9.17) is 10.5 Å². The van der Waals surface area contributed by atoms with E-state index < -0.39 is 18.0 Å². The molecule has 6 nitrogen and oxygen atoms in total. The van der Waals surface area contributed by atoms with E-state index in [2.05, 4.69) is 5.32 Å². The third kappa shape index (κ3) is 4.89. The topological polar surface area (TPSA) is 83.2 Å². The van der Waals surface area contributed by atoms with Gasteiger partial charge in [0.05, 0.1) is 30.8 Å². The lowest BCUT2D eigenvalue weighted by Gasteiger charge is -2.28. The minimum atomic E-state index is -1.15. The van der Waals surface area contributed by atoms with Gasteiger partial charge in [0.1, 0.15) is 18.0 Å². The van der Waals surface area contributed by atoms with E-state index in [1.54, 1.807) is 6.07 Å². The second kappa shape index (κ2) is 9.68. The number of anilines is 1. The molecule has 0 radical (unpaired) electrons. The molecular weight excluding hydrogens is 388 g/mol. The van der Waals surface area contributed by atoms with E-state index in [9.17, 15) is 13.6 Å². The molecule has 2 aliphatic rings. The molecule has 1 amide bonds. The second-order valence-corrected chi connectivity index (χ2v) is 6.95. The van der Waals surface area contributed by atoms with E-state index in [0.717, 1.165) is 19.4 Å². The fraction of sp³-hybridized carbons (Fsp3) is 0.526. The Morgan fingerprint density at radius 2 is 2.11 bits per heavy atom. The van der Waals surface area contributed by atoms with Crippen molar-refractivity contribution < 1.29 is 13.6 Å². The van der Waals surface area contributed by atoms with Crippen LogP contribution in [0.15, 0.2) is 18.2 Å². The number of rotatable bonds is 5. The van der Waals surface area contributed by atoms with Crippen LogP contribution in [0.1, 0.15) is 24.8 Å². The van der Waals surface area contributed by atoms with Gasteiger partial charge in [-0.15, -0.1) is 12.4 Å². The third-order valence-electron chi connectivity index (χ3n) is 5.10. The van der Waals surface area contributed by atoms with Gasteiger partial charge in [0.15, 0.2) is 0 Å². The number of amides is 1. The van der Waals surface area contributed by atoms with Gasteiger partial charge < -0.3 is 15.1 Å². The van der Waals surface area contributed by atoms with Gasteiger partial charge in [0.2, 0.25) is 5.91 Å². The highest BCUT2D eigenvalue weighted by Gasteiger charge is 2.35. The average Bonchev–Trinajstić information content (AvgIpc) is 3.27. The molecule has 150 valence electrons. The van der Waals surface area contributed by atoms with Gasteiger partial charge in [0, 0.05) is 31.2 Å². The molecule has 2 heterocycles. The molecule has 28 heavy (non-hydrogen) atoms. The summed E-state index contributed by atoms with van der Waals surface area (Å²) >= 11 is 0. The number of nitrogens with zero attached hydrogens (tertiary/aromatic N) is 4. The number of hydrogen-bond donors (Lipinski definition) is 1. The first kappa shape index (κ1) is 21.9. The molecule has 0 aliphatic carbocycles. The van der Waals surface area contributed by atoms with Crippen molar-refractivity contribution in [1.82, 2.24) is 10.2 Å². The molecule has 0 spiro atoms. The zero-order valence-corrected chi connectivity index (χ0v) is 16.1. The summed E-state index contributed by atoms with van der Waals surface area (Å²) < 4.78 is 27.2. The zero-order chi connectivity index (χ0) is 19.4. The SMILES string of the molecule is Cl.N#Cc1cc(F)cc(N2CCCC2CNCC(=O)N2C[C@@H](F)C[C@H]2C#N)c1. The van der Waals surface area contributed by atoms with Crippen molar-refractivity contribution in [3.8, 4) is 12.1 Å². The van der Waals surface area contributed by atoms with Crippen molar-refractivity contribution in [2.75, 3.05) is 31.1 Å². The van der Waals surface area contributed by atoms with Crippen molar-refractivity contribution in [2.45, 2.75) is 37.5 Å². The first-order valence-electron chi connectivity index (χ1n) is 9.03. The van der Waals surface area contributed by atoms with E-state index in [0.29, 0.717) is 12.2 Å². The monoisotopic (exact) mass is 409 g/mol. The molecule has 2 fully saturated rings. The van der Waals surface area contributed by atoms with E-state index in [1.807, 2.05) is 17.0 Å². The summed E-state index contributed by atoms with van der Waals surface area (Å²) in [7, 11) is 0. The highest BCUT2D eigenvalue weighted by molar-refractivity contribution is 5.85. The Bertz CT molecular complexity index is 794. The van der Waals surface area contributed by atoms with E-state index >= 15 is 0 Å². The number of halogens is 3. The Morgan fingerprint density at radius 3 is 2.82 bits per heavy atom. The normalized spacial score (nSPS) is 23.8. The maximum absolute atomic E-state index is 13.7. The van der Waals surface area contributed by atoms with Gasteiger partial charge in [0.25, 0.3) is 0 Å². The fourth-order valence-corrected chi connectivity index (χ4v) is 3.82. The summed E-state index contributed by atoms with van der Waals surface area (Å²) in [5.74, 6) is -0.737. The average molecular weight is 410 g/mol. The Morgan fingerprint density at radius 1 is 1.32 bits per heavy atom. The molecule has 1 aromatic carbocycles. The van der Waals surface area contributed by atoms with E-state index in [1.165, 1.54) is 17.0 Å². The van der Waals surface area contributed by atoms with Crippen LogP contribution >= 0.6 is 12.4 Å². The summed E-state index contributed by atoms with van der Waals surface area (Å²) in [6.07, 6.45) is 0.743. The standard InChI is InChI=1S/C19H21F2N5O.ClH/c20-14-4-13(8-22)5-17(6-14)25-3-1-2-16(25)10-24-11-19(27)26-12-15(21)7-18(26)9-23;/h4-6,15-16,18,24H,1-3,7,10-12H2;1H/t15-,16?,18-;/m0./s1. The molecule has 0 bridgehead atoms. The van der Waals surface area contributed by atoms with Crippen LogP contribution in [0.2, 0.25) is 0 Å². The van der Waals surface area contributed by atoms with Crippen molar-refractivity contribution in [3.63, 3.8) is 0 Å². The maximum atomic E-state index is 13.7. The molecule has 0 aromatic heterocycles. The molecule has 2 aliphatic heterocycles. The number of alkyl halides is 1.